The predicted molar refractivity (Wildman–Crippen MR) is 109 cm³/mol. The third-order valence-electron chi connectivity index (χ3n) is 5.56. The van der Waals surface area contributed by atoms with Gasteiger partial charge in [0.25, 0.3) is 5.91 Å². The van der Waals surface area contributed by atoms with Crippen molar-refractivity contribution in [1.29, 1.82) is 0 Å². The predicted octanol–water partition coefficient (Wildman–Crippen LogP) is 3.40. The van der Waals surface area contributed by atoms with Gasteiger partial charge in [-0.3, -0.25) is 4.79 Å². The van der Waals surface area contributed by atoms with Crippen LogP contribution < -0.4 is 5.32 Å². The molecule has 2 saturated carbocycles. The van der Waals surface area contributed by atoms with Crippen molar-refractivity contribution in [1.82, 2.24) is 24.7 Å². The van der Waals surface area contributed by atoms with Crippen molar-refractivity contribution in [2.45, 2.75) is 50.4 Å². The fourth-order valence-corrected chi connectivity index (χ4v) is 3.50. The Bertz CT molecular complexity index is 1020. The Kier molecular flexibility index (Phi) is 4.58. The molecule has 0 aliphatic heterocycles. The molecule has 0 saturated heterocycles. The molecule has 29 heavy (non-hydrogen) atoms. The zero-order valence-electron chi connectivity index (χ0n) is 16.5. The molecule has 7 heteroatoms. The first-order valence-electron chi connectivity index (χ1n) is 10.3. The van der Waals surface area contributed by atoms with E-state index in [1.807, 2.05) is 35.9 Å². The van der Waals surface area contributed by atoms with Gasteiger partial charge in [0.2, 0.25) is 0 Å². The van der Waals surface area contributed by atoms with Gasteiger partial charge in [-0.15, -0.1) is 10.2 Å². The Hall–Kier alpha value is -3.09. The van der Waals surface area contributed by atoms with E-state index >= 15 is 0 Å². The van der Waals surface area contributed by atoms with E-state index in [2.05, 4.69) is 26.6 Å². The summed E-state index contributed by atoms with van der Waals surface area (Å²) in [6, 6.07) is 9.82. The Morgan fingerprint density at radius 3 is 2.66 bits per heavy atom. The first-order valence-corrected chi connectivity index (χ1v) is 10.3. The summed E-state index contributed by atoms with van der Waals surface area (Å²) in [7, 11) is 1.94. The van der Waals surface area contributed by atoms with Crippen molar-refractivity contribution in [3.05, 3.63) is 65.3 Å². The normalized spacial score (nSPS) is 16.0. The average molecular weight is 388 g/mol. The van der Waals surface area contributed by atoms with Crippen LogP contribution >= 0.6 is 0 Å². The smallest absolute Gasteiger partial charge is 0.274 e. The summed E-state index contributed by atoms with van der Waals surface area (Å²) in [4.78, 5) is 22.2. The van der Waals surface area contributed by atoms with Gasteiger partial charge in [0.1, 0.15) is 23.7 Å². The number of benzene rings is 1. The number of carbonyl (C=O) groups excluding carboxylic acids is 1. The van der Waals surface area contributed by atoms with Gasteiger partial charge in [-0.05, 0) is 55.9 Å². The summed E-state index contributed by atoms with van der Waals surface area (Å²) in [5, 5.41) is 11.1. The quantitative estimate of drug-likeness (QED) is 0.670. The lowest BCUT2D eigenvalue weighted by molar-refractivity contribution is 0.102. The maximum atomic E-state index is 12.9. The van der Waals surface area contributed by atoms with Crippen LogP contribution in [-0.4, -0.2) is 30.6 Å². The van der Waals surface area contributed by atoms with Crippen molar-refractivity contribution < 1.29 is 4.79 Å². The number of hydrogen-bond acceptors (Lipinski definition) is 5. The van der Waals surface area contributed by atoms with E-state index < -0.39 is 0 Å². The maximum Gasteiger partial charge on any atom is 0.274 e. The highest BCUT2D eigenvalue weighted by Crippen LogP contribution is 2.42. The van der Waals surface area contributed by atoms with E-state index in [-0.39, 0.29) is 5.91 Å². The van der Waals surface area contributed by atoms with Gasteiger partial charge >= 0.3 is 0 Å². The van der Waals surface area contributed by atoms with E-state index in [1.165, 1.54) is 0 Å². The van der Waals surface area contributed by atoms with Crippen molar-refractivity contribution >= 4 is 11.6 Å². The average Bonchev–Trinajstić information content (AvgIpc) is 3.64. The number of amides is 1. The molecule has 2 aliphatic rings. The van der Waals surface area contributed by atoms with Crippen LogP contribution in [0.1, 0.15) is 70.9 Å². The number of anilines is 1. The first kappa shape index (κ1) is 18.0. The van der Waals surface area contributed by atoms with Gasteiger partial charge < -0.3 is 9.88 Å². The molecule has 7 nitrogen and oxygen atoms in total. The number of nitrogens with one attached hydrogen (secondary N) is 1. The molecule has 1 N–H and O–H groups in total. The Labute approximate surface area is 169 Å². The molecule has 2 aromatic heterocycles. The monoisotopic (exact) mass is 388 g/mol. The van der Waals surface area contributed by atoms with E-state index in [0.29, 0.717) is 17.5 Å². The van der Waals surface area contributed by atoms with E-state index in [0.717, 1.165) is 67.1 Å². The molecular formula is C22H24N6O. The van der Waals surface area contributed by atoms with Crippen LogP contribution in [0, 0.1) is 0 Å². The van der Waals surface area contributed by atoms with Crippen LogP contribution in [0.2, 0.25) is 0 Å². The van der Waals surface area contributed by atoms with Crippen LogP contribution in [0.15, 0.2) is 36.7 Å². The number of aromatic nitrogens is 5. The Balaban J connectivity index is 1.30. The fourth-order valence-electron chi connectivity index (χ4n) is 3.50. The Morgan fingerprint density at radius 1 is 1.10 bits per heavy atom. The Morgan fingerprint density at radius 2 is 1.93 bits per heavy atom. The van der Waals surface area contributed by atoms with E-state index in [4.69, 9.17) is 4.98 Å². The number of rotatable bonds is 7. The number of aryl methyl sites for hydroxylation is 3. The molecule has 148 valence electrons. The van der Waals surface area contributed by atoms with Crippen LogP contribution in [-0.2, 0) is 19.9 Å². The molecule has 0 unspecified atom stereocenters. The molecule has 5 rings (SSSR count). The summed E-state index contributed by atoms with van der Waals surface area (Å²) >= 11 is 0. The van der Waals surface area contributed by atoms with Crippen LogP contribution in [0.5, 0.6) is 0 Å². The van der Waals surface area contributed by atoms with Crippen molar-refractivity contribution in [2.75, 3.05) is 5.32 Å². The van der Waals surface area contributed by atoms with Crippen LogP contribution in [0.25, 0.3) is 0 Å². The molecule has 3 aromatic rings. The minimum absolute atomic E-state index is 0.165. The second-order valence-electron chi connectivity index (χ2n) is 8.10. The lowest BCUT2D eigenvalue weighted by Crippen LogP contribution is -2.16. The number of carbonyl (C=O) groups is 1. The molecular weight excluding hydrogens is 364 g/mol. The first-order chi connectivity index (χ1) is 14.2. The number of hydrogen-bond donors (Lipinski definition) is 1. The van der Waals surface area contributed by atoms with Gasteiger partial charge in [-0.25, -0.2) is 9.97 Å². The van der Waals surface area contributed by atoms with Gasteiger partial charge in [0, 0.05) is 36.7 Å². The highest BCUT2D eigenvalue weighted by molar-refractivity contribution is 6.03. The zero-order valence-corrected chi connectivity index (χ0v) is 16.5. The van der Waals surface area contributed by atoms with Crippen LogP contribution in [0.4, 0.5) is 5.69 Å². The molecule has 2 aliphatic carbocycles. The summed E-state index contributed by atoms with van der Waals surface area (Å²) < 4.78 is 1.93. The molecule has 0 atom stereocenters. The largest absolute Gasteiger partial charge is 0.321 e. The van der Waals surface area contributed by atoms with Gasteiger partial charge in [-0.2, -0.15) is 0 Å². The van der Waals surface area contributed by atoms with Crippen molar-refractivity contribution in [3.63, 3.8) is 0 Å². The minimum atomic E-state index is -0.165. The molecule has 2 heterocycles. The summed E-state index contributed by atoms with van der Waals surface area (Å²) in [5.41, 5.74) is 3.44. The third kappa shape index (κ3) is 4.18. The summed E-state index contributed by atoms with van der Waals surface area (Å²) in [5.74, 6) is 2.56. The van der Waals surface area contributed by atoms with Gasteiger partial charge in [0.15, 0.2) is 0 Å². The SMILES string of the molecule is Cn1cnnc1CCc1cccc(NC(=O)c2cc(C3CC3)nc(C3CC3)n2)c1. The molecule has 0 radical (unpaired) electrons. The molecule has 2 fully saturated rings. The van der Waals surface area contributed by atoms with E-state index in [9.17, 15) is 4.79 Å². The van der Waals surface area contributed by atoms with Gasteiger partial charge in [0.05, 0.1) is 0 Å². The number of nitrogens with zero attached hydrogens (tertiary/aromatic N) is 5. The fraction of sp³-hybridized carbons (Fsp3) is 0.409. The molecule has 1 aromatic carbocycles. The maximum absolute atomic E-state index is 12.9. The van der Waals surface area contributed by atoms with Crippen molar-refractivity contribution in [2.24, 2.45) is 7.05 Å². The molecule has 1 amide bonds. The topological polar surface area (TPSA) is 85.6 Å². The highest BCUT2D eigenvalue weighted by atomic mass is 16.1. The third-order valence-corrected chi connectivity index (χ3v) is 5.56. The van der Waals surface area contributed by atoms with Gasteiger partial charge in [-0.1, -0.05) is 12.1 Å². The minimum Gasteiger partial charge on any atom is -0.321 e. The second-order valence-corrected chi connectivity index (χ2v) is 8.10. The standard InChI is InChI=1S/C22H24N6O/c1-28-13-23-27-20(28)10-5-14-3-2-4-17(11-14)24-22(29)19-12-18(15-6-7-15)25-21(26-19)16-8-9-16/h2-4,11-13,15-16H,5-10H2,1H3,(H,24,29). The zero-order chi connectivity index (χ0) is 19.8. The summed E-state index contributed by atoms with van der Waals surface area (Å²) in [6.07, 6.45) is 7.92. The lowest BCUT2D eigenvalue weighted by atomic mass is 10.1. The van der Waals surface area contributed by atoms with Crippen LogP contribution in [0.3, 0.4) is 0 Å². The van der Waals surface area contributed by atoms with E-state index in [1.54, 1.807) is 6.33 Å². The molecule has 0 bridgehead atoms. The lowest BCUT2D eigenvalue weighted by Gasteiger charge is -2.09. The highest BCUT2D eigenvalue weighted by Gasteiger charge is 2.31. The molecule has 0 spiro atoms. The second kappa shape index (κ2) is 7.39. The summed E-state index contributed by atoms with van der Waals surface area (Å²) in [6.45, 7) is 0. The van der Waals surface area contributed by atoms with Crippen molar-refractivity contribution in [3.8, 4) is 0 Å².